The van der Waals surface area contributed by atoms with Crippen LogP contribution in [0.5, 0.6) is 0 Å². The van der Waals surface area contributed by atoms with Crippen molar-refractivity contribution in [3.05, 3.63) is 30.1 Å². The predicted octanol–water partition coefficient (Wildman–Crippen LogP) is 3.95. The average Bonchev–Trinajstić information content (AvgIpc) is 2.44. The highest BCUT2D eigenvalue weighted by Crippen LogP contribution is 2.20. The monoisotopic (exact) mass is 266 g/mol. The van der Waals surface area contributed by atoms with E-state index in [1.165, 1.54) is 37.8 Å². The second-order valence-electron chi connectivity index (χ2n) is 5.00. The molecule has 0 aromatic heterocycles. The Morgan fingerprint density at radius 2 is 1.79 bits per heavy atom. The zero-order valence-corrected chi connectivity index (χ0v) is 12.2. The predicted molar refractivity (Wildman–Crippen MR) is 81.0 cm³/mol. The summed E-state index contributed by atoms with van der Waals surface area (Å²) in [7, 11) is 0. The van der Waals surface area contributed by atoms with Gasteiger partial charge in [0.1, 0.15) is 5.82 Å². The fraction of sp³-hybridized carbons (Fsp3) is 0.625. The Morgan fingerprint density at radius 3 is 2.32 bits per heavy atom. The summed E-state index contributed by atoms with van der Waals surface area (Å²) in [4.78, 5) is 2.28. The van der Waals surface area contributed by atoms with E-state index < -0.39 is 0 Å². The Hall–Kier alpha value is -1.09. The van der Waals surface area contributed by atoms with Crippen molar-refractivity contribution in [2.24, 2.45) is 5.73 Å². The maximum atomic E-state index is 13.0. The number of anilines is 1. The smallest absolute Gasteiger partial charge is 0.123 e. The molecule has 1 aromatic carbocycles. The molecule has 0 amide bonds. The summed E-state index contributed by atoms with van der Waals surface area (Å²) in [6.45, 7) is 5.90. The maximum absolute atomic E-state index is 13.0. The molecule has 0 aliphatic rings. The molecule has 19 heavy (non-hydrogen) atoms. The van der Waals surface area contributed by atoms with Crippen molar-refractivity contribution in [3.63, 3.8) is 0 Å². The molecule has 1 atom stereocenters. The Bertz CT molecular complexity index is 337. The Kier molecular flexibility index (Phi) is 7.49. The van der Waals surface area contributed by atoms with Gasteiger partial charge in [0.2, 0.25) is 0 Å². The number of likely N-dealkylation sites (N-methyl/N-ethyl adjacent to an activating group) is 1. The molecule has 2 nitrogen and oxygen atoms in total. The summed E-state index contributed by atoms with van der Waals surface area (Å²) in [6.07, 6.45) is 6.14. The van der Waals surface area contributed by atoms with Crippen LogP contribution in [-0.2, 0) is 0 Å². The van der Waals surface area contributed by atoms with E-state index in [0.717, 1.165) is 18.7 Å². The van der Waals surface area contributed by atoms with Gasteiger partial charge < -0.3 is 10.6 Å². The molecule has 3 heteroatoms. The molecule has 1 unspecified atom stereocenters. The fourth-order valence-corrected chi connectivity index (χ4v) is 2.49. The molecule has 0 saturated heterocycles. The normalized spacial score (nSPS) is 12.4. The van der Waals surface area contributed by atoms with Gasteiger partial charge in [-0.15, -0.1) is 0 Å². The highest BCUT2D eigenvalue weighted by molar-refractivity contribution is 5.47. The Labute approximate surface area is 116 Å². The summed E-state index contributed by atoms with van der Waals surface area (Å²) in [6, 6.07) is 7.07. The lowest BCUT2D eigenvalue weighted by Crippen LogP contribution is -2.40. The van der Waals surface area contributed by atoms with Gasteiger partial charge in [-0.2, -0.15) is 0 Å². The summed E-state index contributed by atoms with van der Waals surface area (Å²) in [5, 5.41) is 0. The van der Waals surface area contributed by atoms with E-state index in [-0.39, 0.29) is 5.82 Å². The van der Waals surface area contributed by atoms with Gasteiger partial charge in [-0.25, -0.2) is 4.39 Å². The fourth-order valence-electron chi connectivity index (χ4n) is 2.49. The number of rotatable bonds is 9. The zero-order valence-electron chi connectivity index (χ0n) is 12.2. The van der Waals surface area contributed by atoms with Crippen molar-refractivity contribution >= 4 is 5.69 Å². The number of hydrogen-bond donors (Lipinski definition) is 1. The number of nitrogens with two attached hydrogens (primary N) is 1. The number of halogens is 1. The van der Waals surface area contributed by atoms with Crippen LogP contribution in [0.3, 0.4) is 0 Å². The standard InChI is InChI=1S/C16H27FN2/c1-3-5-6-7-8-16(13-18)19(4-2)15-11-9-14(17)10-12-15/h9-12,16H,3-8,13,18H2,1-2H3. The van der Waals surface area contributed by atoms with Crippen LogP contribution in [0.25, 0.3) is 0 Å². The first-order valence-electron chi connectivity index (χ1n) is 7.45. The van der Waals surface area contributed by atoms with Crippen molar-refractivity contribution in [3.8, 4) is 0 Å². The van der Waals surface area contributed by atoms with Crippen LogP contribution in [0.1, 0.15) is 46.0 Å². The summed E-state index contributed by atoms with van der Waals surface area (Å²) in [5.74, 6) is -0.188. The molecule has 0 heterocycles. The van der Waals surface area contributed by atoms with Gasteiger partial charge in [0, 0.05) is 24.8 Å². The van der Waals surface area contributed by atoms with E-state index in [4.69, 9.17) is 5.73 Å². The summed E-state index contributed by atoms with van der Waals surface area (Å²) >= 11 is 0. The number of benzene rings is 1. The molecule has 108 valence electrons. The third kappa shape index (κ3) is 5.19. The lowest BCUT2D eigenvalue weighted by Gasteiger charge is -2.32. The van der Waals surface area contributed by atoms with Crippen LogP contribution < -0.4 is 10.6 Å². The maximum Gasteiger partial charge on any atom is 0.123 e. The minimum atomic E-state index is -0.188. The molecule has 1 aromatic rings. The molecule has 0 aliphatic carbocycles. The minimum Gasteiger partial charge on any atom is -0.368 e. The van der Waals surface area contributed by atoms with Gasteiger partial charge in [0.25, 0.3) is 0 Å². The van der Waals surface area contributed by atoms with Crippen LogP contribution >= 0.6 is 0 Å². The molecular weight excluding hydrogens is 239 g/mol. The van der Waals surface area contributed by atoms with E-state index in [1.54, 1.807) is 0 Å². The quantitative estimate of drug-likeness (QED) is 0.686. The van der Waals surface area contributed by atoms with Gasteiger partial charge >= 0.3 is 0 Å². The van der Waals surface area contributed by atoms with Gasteiger partial charge in [-0.3, -0.25) is 0 Å². The molecule has 0 saturated carbocycles. The van der Waals surface area contributed by atoms with Crippen LogP contribution in [0.4, 0.5) is 10.1 Å². The van der Waals surface area contributed by atoms with E-state index in [2.05, 4.69) is 18.7 Å². The van der Waals surface area contributed by atoms with E-state index in [0.29, 0.717) is 12.6 Å². The van der Waals surface area contributed by atoms with Crippen LogP contribution in [0.2, 0.25) is 0 Å². The van der Waals surface area contributed by atoms with E-state index in [1.807, 2.05) is 12.1 Å². The number of nitrogens with zero attached hydrogens (tertiary/aromatic N) is 1. The molecular formula is C16H27FN2. The number of unbranched alkanes of at least 4 members (excludes halogenated alkanes) is 3. The van der Waals surface area contributed by atoms with Crippen molar-refractivity contribution in [1.29, 1.82) is 0 Å². The average molecular weight is 266 g/mol. The van der Waals surface area contributed by atoms with Crippen molar-refractivity contribution in [2.75, 3.05) is 18.0 Å². The largest absolute Gasteiger partial charge is 0.368 e. The Morgan fingerprint density at radius 1 is 1.11 bits per heavy atom. The topological polar surface area (TPSA) is 29.3 Å². The van der Waals surface area contributed by atoms with Crippen LogP contribution in [0.15, 0.2) is 24.3 Å². The Balaban J connectivity index is 2.61. The van der Waals surface area contributed by atoms with Crippen molar-refractivity contribution in [1.82, 2.24) is 0 Å². The second-order valence-corrected chi connectivity index (χ2v) is 5.00. The first-order chi connectivity index (χ1) is 9.22. The van der Waals surface area contributed by atoms with Gasteiger partial charge in [-0.1, -0.05) is 32.6 Å². The first kappa shape index (κ1) is 16.0. The van der Waals surface area contributed by atoms with Crippen LogP contribution in [0, 0.1) is 5.82 Å². The van der Waals surface area contributed by atoms with E-state index in [9.17, 15) is 4.39 Å². The molecule has 2 N–H and O–H groups in total. The first-order valence-corrected chi connectivity index (χ1v) is 7.45. The third-order valence-electron chi connectivity index (χ3n) is 3.60. The molecule has 1 rings (SSSR count). The molecule has 0 spiro atoms. The molecule has 0 bridgehead atoms. The van der Waals surface area contributed by atoms with Crippen LogP contribution in [-0.4, -0.2) is 19.1 Å². The number of hydrogen-bond acceptors (Lipinski definition) is 2. The lowest BCUT2D eigenvalue weighted by molar-refractivity contribution is 0.520. The van der Waals surface area contributed by atoms with Crippen molar-refractivity contribution in [2.45, 2.75) is 52.0 Å². The SMILES string of the molecule is CCCCCCC(CN)N(CC)c1ccc(F)cc1. The van der Waals surface area contributed by atoms with Crippen molar-refractivity contribution < 1.29 is 4.39 Å². The van der Waals surface area contributed by atoms with Gasteiger partial charge in [-0.05, 0) is 37.6 Å². The molecule has 0 aliphatic heterocycles. The van der Waals surface area contributed by atoms with E-state index >= 15 is 0 Å². The highest BCUT2D eigenvalue weighted by atomic mass is 19.1. The summed E-state index contributed by atoms with van der Waals surface area (Å²) in [5.41, 5.74) is 6.98. The molecule has 0 fully saturated rings. The van der Waals surface area contributed by atoms with Gasteiger partial charge in [0.15, 0.2) is 0 Å². The van der Waals surface area contributed by atoms with Gasteiger partial charge in [0.05, 0.1) is 0 Å². The zero-order chi connectivity index (χ0) is 14.1. The molecule has 0 radical (unpaired) electrons. The second kappa shape index (κ2) is 8.92. The minimum absolute atomic E-state index is 0.188. The summed E-state index contributed by atoms with van der Waals surface area (Å²) < 4.78 is 13.0. The highest BCUT2D eigenvalue weighted by Gasteiger charge is 2.15. The lowest BCUT2D eigenvalue weighted by atomic mass is 10.1. The third-order valence-corrected chi connectivity index (χ3v) is 3.60.